The summed E-state index contributed by atoms with van der Waals surface area (Å²) in [5, 5.41) is 12.0. The molecule has 1 saturated carbocycles. The quantitative estimate of drug-likeness (QED) is 0.785. The summed E-state index contributed by atoms with van der Waals surface area (Å²) in [5.74, 6) is 0.527. The number of nitrogens with one attached hydrogen (secondary N) is 1. The Balaban J connectivity index is 1.81. The van der Waals surface area contributed by atoms with Crippen molar-refractivity contribution in [3.05, 3.63) is 17.8 Å². The Kier molecular flexibility index (Phi) is 3.24. The first-order valence-electron chi connectivity index (χ1n) is 5.60. The molecule has 0 saturated heterocycles. The largest absolute Gasteiger partial charge is 0.481 e. The van der Waals surface area contributed by atoms with Gasteiger partial charge in [-0.1, -0.05) is 6.92 Å². The molecule has 5 nitrogen and oxygen atoms in total. The molecule has 0 bridgehead atoms. The van der Waals surface area contributed by atoms with Crippen LogP contribution in [-0.2, 0) is 17.8 Å². The van der Waals surface area contributed by atoms with Crippen LogP contribution in [0.2, 0.25) is 0 Å². The number of carboxylic acids is 1. The van der Waals surface area contributed by atoms with Crippen LogP contribution in [0.3, 0.4) is 0 Å². The molecule has 88 valence electrons. The average molecular weight is 224 g/mol. The van der Waals surface area contributed by atoms with Crippen LogP contribution >= 0.6 is 0 Å². The molecule has 2 unspecified atom stereocenters. The van der Waals surface area contributed by atoms with Crippen LogP contribution in [0.15, 0.2) is 10.6 Å². The number of aromatic nitrogens is 1. The Morgan fingerprint density at radius 2 is 2.50 bits per heavy atom. The van der Waals surface area contributed by atoms with E-state index < -0.39 is 5.97 Å². The number of hydrogen-bond donors (Lipinski definition) is 2. The van der Waals surface area contributed by atoms with Crippen LogP contribution in [0.1, 0.15) is 31.4 Å². The highest BCUT2D eigenvalue weighted by molar-refractivity contribution is 5.72. The molecule has 1 aliphatic carbocycles. The average Bonchev–Trinajstić information content (AvgIpc) is 2.63. The highest BCUT2D eigenvalue weighted by Crippen LogP contribution is 2.27. The van der Waals surface area contributed by atoms with Crippen LogP contribution < -0.4 is 5.32 Å². The van der Waals surface area contributed by atoms with Crippen molar-refractivity contribution in [1.82, 2.24) is 10.3 Å². The maximum Gasteiger partial charge on any atom is 0.308 e. The van der Waals surface area contributed by atoms with Gasteiger partial charge in [0.15, 0.2) is 0 Å². The van der Waals surface area contributed by atoms with Crippen LogP contribution in [0.5, 0.6) is 0 Å². The SMILES string of the molecule is CCc1cnc(CNC2CCC2C(=O)O)o1. The molecule has 0 amide bonds. The minimum Gasteiger partial charge on any atom is -0.481 e. The maximum absolute atomic E-state index is 10.8. The lowest BCUT2D eigenvalue weighted by Crippen LogP contribution is -2.47. The Morgan fingerprint density at radius 1 is 1.69 bits per heavy atom. The monoisotopic (exact) mass is 224 g/mol. The van der Waals surface area contributed by atoms with E-state index in [0.29, 0.717) is 12.4 Å². The molecule has 5 heteroatoms. The number of aliphatic carboxylic acids is 1. The molecule has 0 spiro atoms. The fourth-order valence-electron chi connectivity index (χ4n) is 1.85. The predicted octanol–water partition coefficient (Wildman–Crippen LogP) is 1.19. The number of carboxylic acid groups (broad SMARTS) is 1. The van der Waals surface area contributed by atoms with Gasteiger partial charge in [-0.15, -0.1) is 0 Å². The van der Waals surface area contributed by atoms with E-state index in [-0.39, 0.29) is 12.0 Å². The van der Waals surface area contributed by atoms with Gasteiger partial charge in [0.1, 0.15) is 5.76 Å². The Morgan fingerprint density at radius 3 is 3.00 bits per heavy atom. The summed E-state index contributed by atoms with van der Waals surface area (Å²) in [6, 6.07) is 0.0643. The van der Waals surface area contributed by atoms with Gasteiger partial charge in [-0.25, -0.2) is 4.98 Å². The van der Waals surface area contributed by atoms with E-state index in [1.54, 1.807) is 6.20 Å². The normalized spacial score (nSPS) is 24.1. The standard InChI is InChI=1S/C11H16N2O3/c1-2-7-5-13-10(16-7)6-12-9-4-3-8(9)11(14)15/h5,8-9,12H,2-4,6H2,1H3,(H,14,15). The van der Waals surface area contributed by atoms with Crippen molar-refractivity contribution in [3.8, 4) is 0 Å². The smallest absolute Gasteiger partial charge is 0.308 e. The van der Waals surface area contributed by atoms with Crippen molar-refractivity contribution in [1.29, 1.82) is 0 Å². The van der Waals surface area contributed by atoms with E-state index in [1.807, 2.05) is 6.92 Å². The molecule has 16 heavy (non-hydrogen) atoms. The van der Waals surface area contributed by atoms with Gasteiger partial charge in [0.2, 0.25) is 5.89 Å². The molecule has 0 aliphatic heterocycles. The molecule has 2 atom stereocenters. The molecule has 0 aromatic carbocycles. The summed E-state index contributed by atoms with van der Waals surface area (Å²) in [7, 11) is 0. The predicted molar refractivity (Wildman–Crippen MR) is 56.9 cm³/mol. The third kappa shape index (κ3) is 2.24. The van der Waals surface area contributed by atoms with Crippen LogP contribution in [0.4, 0.5) is 0 Å². The zero-order valence-electron chi connectivity index (χ0n) is 9.27. The first-order chi connectivity index (χ1) is 7.70. The topological polar surface area (TPSA) is 75.4 Å². The van der Waals surface area contributed by atoms with E-state index in [0.717, 1.165) is 25.0 Å². The van der Waals surface area contributed by atoms with Gasteiger partial charge in [-0.3, -0.25) is 4.79 Å². The van der Waals surface area contributed by atoms with Gasteiger partial charge in [-0.2, -0.15) is 0 Å². The summed E-state index contributed by atoms with van der Waals surface area (Å²) in [4.78, 5) is 14.9. The minimum atomic E-state index is -0.717. The Hall–Kier alpha value is -1.36. The summed E-state index contributed by atoms with van der Waals surface area (Å²) >= 11 is 0. The summed E-state index contributed by atoms with van der Waals surface area (Å²) in [5.41, 5.74) is 0. The third-order valence-electron chi connectivity index (χ3n) is 3.06. The first-order valence-corrected chi connectivity index (χ1v) is 5.60. The zero-order valence-corrected chi connectivity index (χ0v) is 9.27. The van der Waals surface area contributed by atoms with Crippen LogP contribution in [0.25, 0.3) is 0 Å². The van der Waals surface area contributed by atoms with Crippen molar-refractivity contribution in [2.24, 2.45) is 5.92 Å². The van der Waals surface area contributed by atoms with E-state index in [9.17, 15) is 4.79 Å². The number of carbonyl (C=O) groups is 1. The molecule has 1 aromatic heterocycles. The lowest BCUT2D eigenvalue weighted by molar-refractivity contribution is -0.146. The van der Waals surface area contributed by atoms with Crippen molar-refractivity contribution in [3.63, 3.8) is 0 Å². The molecule has 1 aliphatic rings. The van der Waals surface area contributed by atoms with Gasteiger partial charge < -0.3 is 14.8 Å². The molecule has 1 heterocycles. The molecule has 1 aromatic rings. The second kappa shape index (κ2) is 4.65. The van der Waals surface area contributed by atoms with Gasteiger partial charge in [0.05, 0.1) is 18.7 Å². The van der Waals surface area contributed by atoms with Crippen molar-refractivity contribution in [2.75, 3.05) is 0 Å². The molecule has 2 rings (SSSR count). The summed E-state index contributed by atoms with van der Waals surface area (Å²) in [6.07, 6.45) is 4.22. The van der Waals surface area contributed by atoms with E-state index >= 15 is 0 Å². The Labute approximate surface area is 93.9 Å². The third-order valence-corrected chi connectivity index (χ3v) is 3.06. The van der Waals surface area contributed by atoms with Crippen molar-refractivity contribution >= 4 is 5.97 Å². The summed E-state index contributed by atoms with van der Waals surface area (Å²) in [6.45, 7) is 2.51. The van der Waals surface area contributed by atoms with E-state index in [1.165, 1.54) is 0 Å². The number of aryl methyl sites for hydroxylation is 1. The number of hydrogen-bond acceptors (Lipinski definition) is 4. The van der Waals surface area contributed by atoms with Gasteiger partial charge in [-0.05, 0) is 12.8 Å². The van der Waals surface area contributed by atoms with Crippen molar-refractivity contribution < 1.29 is 14.3 Å². The molecule has 0 radical (unpaired) electrons. The first kappa shape index (κ1) is 11.1. The summed E-state index contributed by atoms with van der Waals surface area (Å²) < 4.78 is 5.43. The number of rotatable bonds is 5. The maximum atomic E-state index is 10.8. The van der Waals surface area contributed by atoms with E-state index in [2.05, 4.69) is 10.3 Å². The second-order valence-electron chi connectivity index (χ2n) is 4.08. The number of oxazole rings is 1. The fourth-order valence-corrected chi connectivity index (χ4v) is 1.85. The lowest BCUT2D eigenvalue weighted by Gasteiger charge is -2.33. The van der Waals surface area contributed by atoms with Gasteiger partial charge >= 0.3 is 5.97 Å². The number of nitrogens with zero attached hydrogens (tertiary/aromatic N) is 1. The molecule has 1 fully saturated rings. The second-order valence-corrected chi connectivity index (χ2v) is 4.08. The Bertz CT molecular complexity index is 375. The molecular weight excluding hydrogens is 208 g/mol. The molecule has 2 N–H and O–H groups in total. The van der Waals surface area contributed by atoms with Crippen LogP contribution in [0, 0.1) is 5.92 Å². The fraction of sp³-hybridized carbons (Fsp3) is 0.636. The lowest BCUT2D eigenvalue weighted by atomic mass is 9.79. The highest BCUT2D eigenvalue weighted by Gasteiger charge is 2.36. The van der Waals surface area contributed by atoms with E-state index in [4.69, 9.17) is 9.52 Å². The zero-order chi connectivity index (χ0) is 11.5. The van der Waals surface area contributed by atoms with Crippen molar-refractivity contribution in [2.45, 2.75) is 38.8 Å². The minimum absolute atomic E-state index is 0.0643. The van der Waals surface area contributed by atoms with Crippen LogP contribution in [-0.4, -0.2) is 22.1 Å². The van der Waals surface area contributed by atoms with Gasteiger partial charge in [0.25, 0.3) is 0 Å². The molecular formula is C11H16N2O3. The van der Waals surface area contributed by atoms with Gasteiger partial charge in [0, 0.05) is 12.5 Å². The highest BCUT2D eigenvalue weighted by atomic mass is 16.4.